The topological polar surface area (TPSA) is 114 Å². The molecule has 0 radical (unpaired) electrons. The number of aliphatic hydroxyl groups is 4. The van der Waals surface area contributed by atoms with E-state index in [1.54, 1.807) is 0 Å². The largest absolute Gasteiger partial charge is 0.460 e. The number of hydrogen-bond acceptors (Lipinski definition) is 7. The van der Waals surface area contributed by atoms with Crippen molar-refractivity contribution in [3.63, 3.8) is 0 Å². The van der Waals surface area contributed by atoms with E-state index in [2.05, 4.69) is 4.57 Å². The van der Waals surface area contributed by atoms with Crippen LogP contribution in [0.25, 0.3) is 0 Å². The summed E-state index contributed by atoms with van der Waals surface area (Å²) < 4.78 is 19.2. The minimum atomic E-state index is -1.50. The molecule has 0 bridgehead atoms. The van der Waals surface area contributed by atoms with Crippen LogP contribution in [0.2, 0.25) is 5.02 Å². The van der Waals surface area contributed by atoms with Gasteiger partial charge in [-0.15, -0.1) is 0 Å². The van der Waals surface area contributed by atoms with Crippen LogP contribution in [-0.4, -0.2) is 75.5 Å². The summed E-state index contributed by atoms with van der Waals surface area (Å²) in [4.78, 5) is 0. The van der Waals surface area contributed by atoms with Gasteiger partial charge in [-0.2, -0.15) is 0 Å². The molecule has 4 rings (SSSR count). The maximum absolute atomic E-state index is 10.4. The Labute approximate surface area is 185 Å². The van der Waals surface area contributed by atoms with Crippen molar-refractivity contribution in [2.45, 2.75) is 56.5 Å². The lowest BCUT2D eigenvalue weighted by molar-refractivity contribution is -0.277. The predicted octanol–water partition coefficient (Wildman–Crippen LogP) is 1.18. The fraction of sp³-hybridized carbons (Fsp3) is 0.545. The Kier molecular flexibility index (Phi) is 6.88. The maximum atomic E-state index is 10.4. The Morgan fingerprint density at radius 1 is 1.13 bits per heavy atom. The van der Waals surface area contributed by atoms with Crippen molar-refractivity contribution in [3.8, 4) is 5.75 Å². The van der Waals surface area contributed by atoms with E-state index in [9.17, 15) is 20.4 Å². The van der Waals surface area contributed by atoms with Gasteiger partial charge in [0.05, 0.1) is 19.3 Å². The first kappa shape index (κ1) is 22.5. The average Bonchev–Trinajstić information content (AvgIpc) is 3.39. The Hall–Kier alpha value is -1.65. The summed E-state index contributed by atoms with van der Waals surface area (Å²) in [5.41, 5.74) is 2.95. The highest BCUT2D eigenvalue weighted by Gasteiger charge is 2.45. The van der Waals surface area contributed by atoms with Crippen LogP contribution in [-0.2, 0) is 15.9 Å². The fourth-order valence-electron chi connectivity index (χ4n) is 4.17. The number of nitrogens with zero attached hydrogens (tertiary/aromatic N) is 1. The van der Waals surface area contributed by atoms with Crippen LogP contribution in [0.5, 0.6) is 5.75 Å². The summed E-state index contributed by atoms with van der Waals surface area (Å²) in [5.74, 6) is 0.503. The first-order valence-electron chi connectivity index (χ1n) is 10.4. The minimum Gasteiger partial charge on any atom is -0.460 e. The van der Waals surface area contributed by atoms with Gasteiger partial charge in [0.25, 0.3) is 0 Å². The Balaban J connectivity index is 1.65. The van der Waals surface area contributed by atoms with Crippen LogP contribution in [0.1, 0.15) is 29.3 Å². The molecule has 3 heterocycles. The molecule has 9 heteroatoms. The molecule has 0 aliphatic carbocycles. The molecule has 4 N–H and O–H groups in total. The van der Waals surface area contributed by atoms with Crippen LogP contribution >= 0.6 is 11.6 Å². The molecule has 170 valence electrons. The van der Waals surface area contributed by atoms with Crippen molar-refractivity contribution >= 4 is 11.6 Å². The Morgan fingerprint density at radius 3 is 2.52 bits per heavy atom. The van der Waals surface area contributed by atoms with E-state index in [4.69, 9.17) is 25.8 Å². The molecule has 1 aromatic heterocycles. The smallest absolute Gasteiger partial charge is 0.229 e. The predicted molar refractivity (Wildman–Crippen MR) is 112 cm³/mol. The normalized spacial score (nSPS) is 31.2. The zero-order chi connectivity index (χ0) is 22.1. The molecule has 31 heavy (non-hydrogen) atoms. The van der Waals surface area contributed by atoms with Gasteiger partial charge in [0, 0.05) is 35.5 Å². The molecule has 8 nitrogen and oxygen atoms in total. The third kappa shape index (κ3) is 4.61. The summed E-state index contributed by atoms with van der Waals surface area (Å²) in [6, 6.07) is 7.71. The summed E-state index contributed by atoms with van der Waals surface area (Å²) >= 11 is 6.01. The maximum Gasteiger partial charge on any atom is 0.229 e. The number of halogens is 1. The first-order chi connectivity index (χ1) is 14.9. The number of aliphatic hydroxyl groups excluding tert-OH is 4. The van der Waals surface area contributed by atoms with Gasteiger partial charge in [-0.3, -0.25) is 0 Å². The molecule has 2 aliphatic heterocycles. The van der Waals surface area contributed by atoms with Crippen molar-refractivity contribution < 1.29 is 34.6 Å². The highest BCUT2D eigenvalue weighted by Crippen LogP contribution is 2.34. The summed E-state index contributed by atoms with van der Waals surface area (Å²) in [7, 11) is 0. The Morgan fingerprint density at radius 2 is 1.87 bits per heavy atom. The second-order valence-electron chi connectivity index (χ2n) is 8.10. The summed E-state index contributed by atoms with van der Waals surface area (Å²) in [5, 5.41) is 40.6. The van der Waals surface area contributed by atoms with E-state index in [0.29, 0.717) is 30.4 Å². The summed E-state index contributed by atoms with van der Waals surface area (Å²) in [6.07, 6.45) is -3.37. The lowest BCUT2D eigenvalue weighted by Gasteiger charge is -2.39. The molecule has 0 saturated carbocycles. The van der Waals surface area contributed by atoms with Crippen molar-refractivity contribution in [2.75, 3.05) is 19.8 Å². The van der Waals surface area contributed by atoms with Crippen molar-refractivity contribution in [1.82, 2.24) is 4.57 Å². The lowest BCUT2D eigenvalue weighted by Crippen LogP contribution is -2.60. The van der Waals surface area contributed by atoms with Gasteiger partial charge >= 0.3 is 0 Å². The molecule has 1 unspecified atom stereocenters. The average molecular weight is 454 g/mol. The van der Waals surface area contributed by atoms with Crippen molar-refractivity contribution in [3.05, 3.63) is 52.3 Å². The first-order valence-corrected chi connectivity index (χ1v) is 10.8. The molecule has 2 aliphatic rings. The highest BCUT2D eigenvalue weighted by atomic mass is 35.5. The minimum absolute atomic E-state index is 0.177. The third-order valence-corrected chi connectivity index (χ3v) is 6.31. The monoisotopic (exact) mass is 453 g/mol. The Bertz CT molecular complexity index is 879. The van der Waals surface area contributed by atoms with E-state index in [1.165, 1.54) is 0 Å². The van der Waals surface area contributed by atoms with Gasteiger partial charge in [0.2, 0.25) is 6.29 Å². The zero-order valence-corrected chi connectivity index (χ0v) is 18.0. The van der Waals surface area contributed by atoms with E-state index in [1.807, 2.05) is 37.4 Å². The van der Waals surface area contributed by atoms with Gasteiger partial charge in [-0.05, 0) is 31.0 Å². The van der Waals surface area contributed by atoms with E-state index in [-0.39, 0.29) is 6.04 Å². The standard InChI is InChI=1S/C22H28ClNO7/c1-12-16(8-13-2-4-14(23)5-3-13)17(9-24(12)15-6-7-29-11-15)30-22-21(28)20(27)19(26)18(10-25)31-22/h2-5,9,15,18-22,25-28H,6-8,10-11H2,1H3/t15?,18-,19-,20+,21-,22-/m1/s1. The quantitative estimate of drug-likeness (QED) is 0.519. The number of aromatic nitrogens is 1. The number of hydrogen-bond donors (Lipinski definition) is 4. The van der Waals surface area contributed by atoms with Gasteiger partial charge < -0.3 is 39.2 Å². The van der Waals surface area contributed by atoms with Crippen molar-refractivity contribution in [2.24, 2.45) is 0 Å². The number of rotatable bonds is 6. The number of ether oxygens (including phenoxy) is 3. The van der Waals surface area contributed by atoms with Gasteiger partial charge in [0.15, 0.2) is 0 Å². The number of benzene rings is 1. The van der Waals surface area contributed by atoms with E-state index < -0.39 is 37.3 Å². The van der Waals surface area contributed by atoms with Crippen LogP contribution in [0.15, 0.2) is 30.5 Å². The molecule has 1 aromatic carbocycles. The zero-order valence-electron chi connectivity index (χ0n) is 17.2. The molecule has 2 aromatic rings. The molecule has 6 atom stereocenters. The van der Waals surface area contributed by atoms with Crippen LogP contribution in [0, 0.1) is 6.92 Å². The van der Waals surface area contributed by atoms with Crippen LogP contribution < -0.4 is 4.74 Å². The van der Waals surface area contributed by atoms with Gasteiger partial charge in [-0.25, -0.2) is 0 Å². The molecular weight excluding hydrogens is 426 g/mol. The SMILES string of the molecule is Cc1c(Cc2ccc(Cl)cc2)c(O[C@@H]2O[C@H](CO)[C@@H](O)[C@H](O)[C@H]2O)cn1C1CCOC1. The van der Waals surface area contributed by atoms with Gasteiger partial charge in [0.1, 0.15) is 30.2 Å². The van der Waals surface area contributed by atoms with E-state index in [0.717, 1.165) is 23.2 Å². The third-order valence-electron chi connectivity index (χ3n) is 6.06. The van der Waals surface area contributed by atoms with Crippen LogP contribution in [0.4, 0.5) is 0 Å². The van der Waals surface area contributed by atoms with Crippen molar-refractivity contribution in [1.29, 1.82) is 0 Å². The molecule has 2 fully saturated rings. The molecule has 0 spiro atoms. The molecule has 0 amide bonds. The molecular formula is C22H28ClNO7. The fourth-order valence-corrected chi connectivity index (χ4v) is 4.29. The van der Waals surface area contributed by atoms with Gasteiger partial charge in [-0.1, -0.05) is 23.7 Å². The second kappa shape index (κ2) is 9.46. The lowest BCUT2D eigenvalue weighted by atomic mass is 9.99. The summed E-state index contributed by atoms with van der Waals surface area (Å²) in [6.45, 7) is 2.79. The highest BCUT2D eigenvalue weighted by molar-refractivity contribution is 6.30. The van der Waals surface area contributed by atoms with Crippen LogP contribution in [0.3, 0.4) is 0 Å². The van der Waals surface area contributed by atoms with E-state index >= 15 is 0 Å². The molecule has 2 saturated heterocycles. The second-order valence-corrected chi connectivity index (χ2v) is 8.54.